The molecule has 0 N–H and O–H groups in total. The highest BCUT2D eigenvalue weighted by atomic mass is 15.2. The Balaban J connectivity index is 0.884. The molecule has 0 saturated carbocycles. The van der Waals surface area contributed by atoms with Gasteiger partial charge in [0, 0.05) is 89.9 Å². The van der Waals surface area contributed by atoms with E-state index in [4.69, 9.17) is 0 Å². The van der Waals surface area contributed by atoms with Crippen molar-refractivity contribution in [3.63, 3.8) is 0 Å². The first kappa shape index (κ1) is 81.7. The van der Waals surface area contributed by atoms with Crippen LogP contribution in [0.4, 0.5) is 68.2 Å². The first-order chi connectivity index (χ1) is 73.6. The van der Waals surface area contributed by atoms with Gasteiger partial charge in [-0.05, 0) is 280 Å². The Hall–Kier alpha value is -15.7. The van der Waals surface area contributed by atoms with E-state index in [0.717, 1.165) is 173 Å². The average molecular weight is 1890 g/mol. The van der Waals surface area contributed by atoms with Gasteiger partial charge in [-0.1, -0.05) is 428 Å². The van der Waals surface area contributed by atoms with Crippen molar-refractivity contribution < 1.29 is 11.0 Å². The number of fused-ring (bicyclic) bond motifs is 21. The van der Waals surface area contributed by atoms with Crippen molar-refractivity contribution in [1.82, 2.24) is 4.57 Å². The molecule has 0 amide bonds. The molecule has 0 atom stereocenters. The van der Waals surface area contributed by atoms with Gasteiger partial charge in [0.1, 0.15) is 0 Å². The van der Waals surface area contributed by atoms with Crippen LogP contribution in [-0.4, -0.2) is 18.0 Å². The van der Waals surface area contributed by atoms with Crippen LogP contribution in [0.25, 0.3) is 105 Å². The van der Waals surface area contributed by atoms with Gasteiger partial charge in [-0.25, -0.2) is 0 Å². The molecule has 4 aliphatic heterocycles. The van der Waals surface area contributed by atoms with E-state index in [-0.39, 0.29) is 43.5 Å². The average Bonchev–Trinajstić information content (AvgIpc) is 1.39. The second-order valence-corrected chi connectivity index (χ2v) is 47.4. The lowest BCUT2D eigenvalue weighted by Crippen LogP contribution is -2.65. The summed E-state index contributed by atoms with van der Waals surface area (Å²) in [7, 11) is 0. The number of hydrogen-bond acceptors (Lipinski definition) is 4. The molecule has 5 heterocycles. The summed E-state index contributed by atoms with van der Waals surface area (Å²) < 4.78 is 82.0. The molecule has 6 aliphatic rings. The van der Waals surface area contributed by atoms with Crippen LogP contribution < -0.4 is 52.4 Å². The van der Waals surface area contributed by atoms with E-state index in [0.29, 0.717) is 5.69 Å². The van der Waals surface area contributed by atoms with Crippen molar-refractivity contribution >= 4 is 136 Å². The van der Waals surface area contributed by atoms with Gasteiger partial charge in [0.25, 0.3) is 13.4 Å². The molecule has 0 fully saturated rings. The lowest BCUT2D eigenvalue weighted by Gasteiger charge is -2.48. The lowest BCUT2D eigenvalue weighted by atomic mass is 9.30. The van der Waals surface area contributed by atoms with Crippen molar-refractivity contribution in [2.45, 2.75) is 163 Å². The van der Waals surface area contributed by atoms with Gasteiger partial charge < -0.3 is 24.2 Å². The van der Waals surface area contributed by atoms with Crippen LogP contribution in [0.5, 0.6) is 0 Å². The quantitative estimate of drug-likeness (QED) is 0.127. The molecule has 7 heteroatoms. The van der Waals surface area contributed by atoms with E-state index in [9.17, 15) is 11.0 Å². The van der Waals surface area contributed by atoms with Crippen molar-refractivity contribution in [3.8, 4) is 83.6 Å². The van der Waals surface area contributed by atoms with Gasteiger partial charge in [0.15, 0.2) is 0 Å². The summed E-state index contributed by atoms with van der Waals surface area (Å²) in [5, 5.41) is -0.0289. The number of benzene rings is 19. The fourth-order valence-electron chi connectivity index (χ4n) is 24.9. The van der Waals surface area contributed by atoms with Crippen LogP contribution in [0.1, 0.15) is 191 Å². The summed E-state index contributed by atoms with van der Waals surface area (Å²) in [6.07, 6.45) is 0. The summed E-state index contributed by atoms with van der Waals surface area (Å²) in [6, 6.07) is 132. The molecule has 708 valence electrons. The molecule has 2 aliphatic carbocycles. The van der Waals surface area contributed by atoms with Gasteiger partial charge in [-0.2, -0.15) is 0 Å². The summed E-state index contributed by atoms with van der Waals surface area (Å²) >= 11 is 0. The molecular weight excluding hydrogens is 1760 g/mol. The van der Waals surface area contributed by atoms with E-state index < -0.39 is 78.0 Å². The molecule has 0 bridgehead atoms. The molecule has 0 radical (unpaired) electrons. The highest BCUT2D eigenvalue weighted by Gasteiger charge is 2.55. The zero-order valence-corrected chi connectivity index (χ0v) is 86.5. The van der Waals surface area contributed by atoms with Gasteiger partial charge in [-0.15, -0.1) is 0 Å². The first-order valence-corrected chi connectivity index (χ1v) is 51.8. The Labute approximate surface area is 873 Å². The molecule has 146 heavy (non-hydrogen) atoms. The second-order valence-electron chi connectivity index (χ2n) is 47.4. The fourth-order valence-corrected chi connectivity index (χ4v) is 24.9. The molecule has 0 unspecified atom stereocenters. The predicted molar refractivity (Wildman–Crippen MR) is 625 cm³/mol. The smallest absolute Gasteiger partial charge is 0.252 e. The lowest BCUT2D eigenvalue weighted by molar-refractivity contribution is 0.568. The van der Waals surface area contributed by atoms with Gasteiger partial charge >= 0.3 is 0 Å². The Morgan fingerprint density at radius 3 is 0.925 bits per heavy atom. The van der Waals surface area contributed by atoms with Crippen molar-refractivity contribution in [3.05, 3.63) is 462 Å². The highest BCUT2D eigenvalue weighted by Crippen LogP contribution is 2.66. The largest absolute Gasteiger partial charge is 0.311 e. The van der Waals surface area contributed by atoms with Gasteiger partial charge in [0.2, 0.25) is 0 Å². The molecule has 19 aromatic carbocycles. The van der Waals surface area contributed by atoms with Crippen LogP contribution in [-0.2, 0) is 37.9 Å². The van der Waals surface area contributed by atoms with Crippen molar-refractivity contribution in [2.75, 3.05) is 19.6 Å². The van der Waals surface area contributed by atoms with E-state index in [1.54, 1.807) is 4.57 Å². The SMILES string of the molecule is [2H]c1c([2H])c([2H])c2c(c1[2H])c1c([2H])c([2H])c([2H])c([2H])c1n2-c1cc2c3c(c1)N(c1c(-c4ccccc4)cc(C(C)(C)C)cc1-c1ccccc1)c1ccccc1B3c1cc3c(cc1N2c1cc(C(C)(C)C)cc(C(C)(C)C)c1)N(c1c(-c2ccccc2)cc(C(C)(C)C)cc1-c1ccccc1)c1cc(-c2cccc4c2C2(c5ccccc5-c5ccccc52)c2ccccc2-4)cc2c1B3c1ccccc1N2c1cc(C(C)(C)C)cc(C(C)(C)C)c1. The van der Waals surface area contributed by atoms with Crippen LogP contribution in [0.15, 0.2) is 406 Å². The van der Waals surface area contributed by atoms with E-state index in [2.05, 4.69) is 502 Å². The van der Waals surface area contributed by atoms with Crippen LogP contribution in [0.3, 0.4) is 0 Å². The normalized spacial score (nSPS) is 14.8. The highest BCUT2D eigenvalue weighted by molar-refractivity contribution is 7.03. The van der Waals surface area contributed by atoms with Crippen molar-refractivity contribution in [2.24, 2.45) is 0 Å². The molecule has 26 rings (SSSR count). The van der Waals surface area contributed by atoms with Gasteiger partial charge in [0.05, 0.1) is 44.5 Å². The Bertz CT molecular complexity index is 9030. The molecule has 1 aromatic heterocycles. The zero-order valence-electron chi connectivity index (χ0n) is 94.5. The molecular formula is C139H121B2N5. The summed E-state index contributed by atoms with van der Waals surface area (Å²) in [6.45, 7) is 40.7. The number of nitrogens with zero attached hydrogens (tertiary/aromatic N) is 5. The maximum atomic E-state index is 10.5. The molecule has 1 spiro atoms. The third-order valence-corrected chi connectivity index (χ3v) is 32.2. The van der Waals surface area contributed by atoms with Crippen LogP contribution in [0, 0.1) is 0 Å². The van der Waals surface area contributed by atoms with Crippen LogP contribution in [0.2, 0.25) is 0 Å². The zero-order chi connectivity index (χ0) is 107. The number of aromatic nitrogens is 1. The topological polar surface area (TPSA) is 17.9 Å². The number of anilines is 12. The third-order valence-electron chi connectivity index (χ3n) is 32.2. The Kier molecular flexibility index (Phi) is 18.3. The standard InChI is InChI=1S/C139H121B2N5/c1-133(2,3)91-72-92(134(4,5)6)75-97(74-91)143-120-68-43-39-64-114(120)140-117-84-116-122(85-123(117)146(132-109(88-50-27-21-28-51-88)80-96(138(16,17)18)81-110(132)89-52-29-22-30-53-89)125-71-90(70-124(143)129(125)140)100-59-45-60-106-103-56-33-38-63-113(103)139(128(100)106)111-61-36-31-54-101(111)102-55-32-37-62-112(102)139)144(98-76-93(135(7,8)9)73-94(77-98)136(10,11)12)126-82-99(142-118-66-41-34-57-104(118)105-58-35-42-67-119(105)142)83-127-130(126)141(116)115-65-40-44-69-121(115)145(127)131-107(86-46-23-19-24-47-86)78-95(137(13,14)15)79-108(131)87-48-25-20-26-49-87/h19-85H,1-18H3/i34D,35D,41D,42D,57D,58D,66D,67D. The minimum absolute atomic E-state index is 0.0143. The summed E-state index contributed by atoms with van der Waals surface area (Å²) in [5.41, 5.74) is 41.8. The Morgan fingerprint density at radius 1 is 0.219 bits per heavy atom. The monoisotopic (exact) mass is 1890 g/mol. The van der Waals surface area contributed by atoms with Crippen molar-refractivity contribution in [1.29, 1.82) is 0 Å². The molecule has 5 nitrogen and oxygen atoms in total. The fraction of sp³-hybridized carbons (Fsp3) is 0.180. The van der Waals surface area contributed by atoms with E-state index in [1.165, 1.54) is 61.2 Å². The van der Waals surface area contributed by atoms with E-state index >= 15 is 0 Å². The van der Waals surface area contributed by atoms with E-state index in [1.807, 2.05) is 0 Å². The predicted octanol–water partition coefficient (Wildman–Crippen LogP) is 33.4. The minimum atomic E-state index is -0.776. The number of hydrogen-bond donors (Lipinski definition) is 0. The maximum absolute atomic E-state index is 10.5. The third kappa shape index (κ3) is 13.9. The number of para-hydroxylation sites is 4. The maximum Gasteiger partial charge on any atom is 0.252 e. The van der Waals surface area contributed by atoms with Gasteiger partial charge in [-0.3, -0.25) is 0 Å². The first-order valence-electron chi connectivity index (χ1n) is 55.8. The summed E-state index contributed by atoms with van der Waals surface area (Å²) in [5.74, 6) is 0. The second kappa shape index (κ2) is 32.7. The van der Waals surface area contributed by atoms with Crippen LogP contribution >= 0.6 is 0 Å². The minimum Gasteiger partial charge on any atom is -0.311 e. The summed E-state index contributed by atoms with van der Waals surface area (Å²) in [4.78, 5) is 10.4. The Morgan fingerprint density at radius 2 is 0.521 bits per heavy atom. The molecule has 0 saturated heterocycles. The molecule has 20 aromatic rings. The number of rotatable bonds is 10.